The molecule has 2 heterocycles. The lowest BCUT2D eigenvalue weighted by Gasteiger charge is -2.29. The fraction of sp³-hybridized carbons (Fsp3) is 0.286. The second-order valence-electron chi connectivity index (χ2n) is 5.77. The third kappa shape index (κ3) is 3.38. The highest BCUT2D eigenvalue weighted by atomic mass is 16.5. The van der Waals surface area contributed by atoms with Gasteiger partial charge in [0.1, 0.15) is 5.75 Å². The third-order valence-corrected chi connectivity index (χ3v) is 4.00. The average molecular weight is 360 g/mol. The van der Waals surface area contributed by atoms with Crippen molar-refractivity contribution in [1.29, 1.82) is 0 Å². The molecule has 3 rings (SSSR count). The Balaban J connectivity index is 1.73. The van der Waals surface area contributed by atoms with E-state index in [-0.39, 0.29) is 24.3 Å². The van der Waals surface area contributed by atoms with Crippen LogP contribution in [0.15, 0.2) is 24.4 Å². The van der Waals surface area contributed by atoms with Crippen molar-refractivity contribution in [2.75, 3.05) is 0 Å². The largest absolute Gasteiger partial charge is 0.547 e. The summed E-state index contributed by atoms with van der Waals surface area (Å²) >= 11 is 0. The molecule has 0 saturated carbocycles. The molecular weight excluding hydrogens is 343 g/mol. The number of rotatable bonds is 5. The van der Waals surface area contributed by atoms with Crippen LogP contribution in [0.3, 0.4) is 0 Å². The Morgan fingerprint density at radius 2 is 2.27 bits per heavy atom. The van der Waals surface area contributed by atoms with Crippen LogP contribution < -0.4 is 21.4 Å². The minimum Gasteiger partial charge on any atom is -0.534 e. The van der Waals surface area contributed by atoms with E-state index in [0.717, 1.165) is 4.68 Å². The number of benzene rings is 1. The zero-order valence-corrected chi connectivity index (χ0v) is 13.6. The highest BCUT2D eigenvalue weighted by molar-refractivity contribution is 6.47. The Kier molecular flexibility index (Phi) is 4.89. The number of hydrogen-bond acceptors (Lipinski definition) is 8. The Morgan fingerprint density at radius 3 is 2.92 bits per heavy atom. The molecule has 0 bridgehead atoms. The summed E-state index contributed by atoms with van der Waals surface area (Å²) in [6.07, 6.45) is 0.468. The van der Waals surface area contributed by atoms with E-state index in [2.05, 4.69) is 15.6 Å². The standard InChI is InChI=1S/C14H17BN6O5/c16-5-8-6-21(20-19-8)12(17)13(22)18-10-4-7-2-1-3-9(14(23)24)11(7)26-15(10)25/h1-3,6,10,12,25H,4-5,16-17H2,(H,18,22)(H,23,24)/t10-,12-/m0/s1. The van der Waals surface area contributed by atoms with Crippen molar-refractivity contribution in [3.63, 3.8) is 0 Å². The lowest BCUT2D eigenvalue weighted by atomic mass is 9.72. The average Bonchev–Trinajstić information content (AvgIpc) is 3.10. The molecule has 0 unspecified atom stereocenters. The Morgan fingerprint density at radius 1 is 1.50 bits per heavy atom. The molecule has 0 saturated heterocycles. The molecular formula is C14H17BN6O5. The summed E-state index contributed by atoms with van der Waals surface area (Å²) < 4.78 is 6.47. The highest BCUT2D eigenvalue weighted by Gasteiger charge is 2.38. The smallest absolute Gasteiger partial charge is 0.534 e. The van der Waals surface area contributed by atoms with Crippen molar-refractivity contribution in [2.45, 2.75) is 25.1 Å². The minimum absolute atomic E-state index is 0.0556. The van der Waals surface area contributed by atoms with Crippen LogP contribution in [0.2, 0.25) is 0 Å². The van der Waals surface area contributed by atoms with E-state index in [1.807, 2.05) is 0 Å². The van der Waals surface area contributed by atoms with Crippen molar-refractivity contribution in [2.24, 2.45) is 11.5 Å². The number of hydrogen-bond donors (Lipinski definition) is 5. The van der Waals surface area contributed by atoms with Gasteiger partial charge in [0.2, 0.25) is 0 Å². The lowest BCUT2D eigenvalue weighted by Crippen LogP contribution is -2.55. The van der Waals surface area contributed by atoms with Crippen LogP contribution in [0.5, 0.6) is 5.75 Å². The predicted octanol–water partition coefficient (Wildman–Crippen LogP) is -1.97. The monoisotopic (exact) mass is 360 g/mol. The number of nitrogens with two attached hydrogens (primary N) is 2. The van der Waals surface area contributed by atoms with E-state index in [4.69, 9.17) is 16.1 Å². The van der Waals surface area contributed by atoms with Crippen LogP contribution in [0.25, 0.3) is 0 Å². The van der Waals surface area contributed by atoms with Crippen molar-refractivity contribution in [3.05, 3.63) is 41.2 Å². The number of nitrogens with one attached hydrogen (secondary N) is 1. The van der Waals surface area contributed by atoms with Gasteiger partial charge < -0.3 is 31.6 Å². The fourth-order valence-corrected chi connectivity index (χ4v) is 2.65. The van der Waals surface area contributed by atoms with Crippen LogP contribution in [-0.4, -0.2) is 50.1 Å². The number of carboxylic acids is 1. The maximum atomic E-state index is 12.3. The first-order valence-electron chi connectivity index (χ1n) is 7.77. The fourth-order valence-electron chi connectivity index (χ4n) is 2.65. The highest BCUT2D eigenvalue weighted by Crippen LogP contribution is 2.30. The van der Waals surface area contributed by atoms with Crippen LogP contribution in [0, 0.1) is 0 Å². The molecule has 11 nitrogen and oxygen atoms in total. The van der Waals surface area contributed by atoms with Crippen LogP contribution in [0.4, 0.5) is 0 Å². The SMILES string of the molecule is NCc1cn([C@H](N)C(=O)N[C@H]2Cc3cccc(C(=O)O)c3OB2O)nn1. The van der Waals surface area contributed by atoms with E-state index in [0.29, 0.717) is 11.3 Å². The van der Waals surface area contributed by atoms with Gasteiger partial charge in [-0.25, -0.2) is 9.48 Å². The van der Waals surface area contributed by atoms with Gasteiger partial charge in [-0.1, -0.05) is 17.3 Å². The zero-order valence-electron chi connectivity index (χ0n) is 13.6. The van der Waals surface area contributed by atoms with Crippen molar-refractivity contribution < 1.29 is 24.4 Å². The first-order chi connectivity index (χ1) is 12.4. The van der Waals surface area contributed by atoms with Gasteiger partial charge in [0.15, 0.2) is 6.17 Å². The molecule has 2 aromatic rings. The molecule has 1 aromatic carbocycles. The van der Waals surface area contributed by atoms with Crippen molar-refractivity contribution in [1.82, 2.24) is 20.3 Å². The molecule has 0 fully saturated rings. The first kappa shape index (κ1) is 17.9. The molecule has 1 aromatic heterocycles. The van der Waals surface area contributed by atoms with Crippen molar-refractivity contribution in [3.8, 4) is 5.75 Å². The van der Waals surface area contributed by atoms with Gasteiger partial charge in [-0.05, 0) is 18.1 Å². The Hall–Kier alpha value is -2.96. The molecule has 0 spiro atoms. The summed E-state index contributed by atoms with van der Waals surface area (Å²) in [5, 5.41) is 29.4. The summed E-state index contributed by atoms with van der Waals surface area (Å²) in [7, 11) is -1.42. The van der Waals surface area contributed by atoms with Crippen LogP contribution in [0.1, 0.15) is 27.8 Å². The van der Waals surface area contributed by atoms with E-state index >= 15 is 0 Å². The minimum atomic E-state index is -1.42. The normalized spacial score (nSPS) is 17.2. The van der Waals surface area contributed by atoms with Gasteiger partial charge in [0, 0.05) is 6.54 Å². The Bertz CT molecular complexity index is 843. The number of para-hydroxylation sites is 1. The second kappa shape index (κ2) is 7.11. The van der Waals surface area contributed by atoms with Gasteiger partial charge >= 0.3 is 13.1 Å². The summed E-state index contributed by atoms with van der Waals surface area (Å²) in [4.78, 5) is 23.6. The first-order valence-corrected chi connectivity index (χ1v) is 7.77. The number of carbonyl (C=O) groups is 2. The number of nitrogens with zero attached hydrogens (tertiary/aromatic N) is 3. The number of aromatic nitrogens is 3. The summed E-state index contributed by atoms with van der Waals surface area (Å²) in [5.41, 5.74) is 12.2. The van der Waals surface area contributed by atoms with Crippen LogP contribution >= 0.6 is 0 Å². The maximum absolute atomic E-state index is 12.3. The number of amides is 1. The number of fused-ring (bicyclic) bond motifs is 1. The number of carbonyl (C=O) groups excluding carboxylic acids is 1. The van der Waals surface area contributed by atoms with E-state index in [1.54, 1.807) is 12.1 Å². The van der Waals surface area contributed by atoms with E-state index in [9.17, 15) is 19.7 Å². The van der Waals surface area contributed by atoms with Gasteiger partial charge in [-0.3, -0.25) is 4.79 Å². The molecule has 0 radical (unpaired) electrons. The molecule has 1 amide bonds. The summed E-state index contributed by atoms with van der Waals surface area (Å²) in [5.74, 6) is -2.49. The zero-order chi connectivity index (χ0) is 18.8. The van der Waals surface area contributed by atoms with E-state index < -0.39 is 31.1 Å². The quantitative estimate of drug-likeness (QED) is 0.378. The molecule has 7 N–H and O–H groups in total. The molecule has 12 heteroatoms. The summed E-state index contributed by atoms with van der Waals surface area (Å²) in [6, 6.07) is 4.61. The lowest BCUT2D eigenvalue weighted by molar-refractivity contribution is -0.125. The number of aromatic carboxylic acids is 1. The predicted molar refractivity (Wildman–Crippen MR) is 88.8 cm³/mol. The molecule has 0 aliphatic carbocycles. The number of carboxylic acid groups (broad SMARTS) is 1. The molecule has 2 atom stereocenters. The second-order valence-corrected chi connectivity index (χ2v) is 5.77. The Labute approximate surface area is 148 Å². The molecule has 26 heavy (non-hydrogen) atoms. The maximum Gasteiger partial charge on any atom is 0.547 e. The third-order valence-electron chi connectivity index (χ3n) is 4.00. The van der Waals surface area contributed by atoms with Gasteiger partial charge in [-0.15, -0.1) is 5.10 Å². The summed E-state index contributed by atoms with van der Waals surface area (Å²) in [6.45, 7) is 0.159. The van der Waals surface area contributed by atoms with Crippen molar-refractivity contribution >= 4 is 19.0 Å². The van der Waals surface area contributed by atoms with Gasteiger partial charge in [0.05, 0.1) is 23.4 Å². The van der Waals surface area contributed by atoms with Crippen LogP contribution in [-0.2, 0) is 17.8 Å². The van der Waals surface area contributed by atoms with Gasteiger partial charge in [-0.2, -0.15) is 0 Å². The van der Waals surface area contributed by atoms with Gasteiger partial charge in [0.25, 0.3) is 5.91 Å². The molecule has 1 aliphatic heterocycles. The molecule has 1 aliphatic rings. The van der Waals surface area contributed by atoms with E-state index in [1.165, 1.54) is 12.3 Å². The molecule has 136 valence electrons. The topological polar surface area (TPSA) is 179 Å².